The second-order valence-electron chi connectivity index (χ2n) is 5.71. The number of methoxy groups -OCH3 is 1. The second kappa shape index (κ2) is 9.38. The van der Waals surface area contributed by atoms with Gasteiger partial charge in [-0.1, -0.05) is 24.3 Å². The van der Waals surface area contributed by atoms with Crippen LogP contribution in [0, 0.1) is 5.82 Å². The Balaban J connectivity index is 1.85. The molecule has 0 fully saturated rings. The second-order valence-corrected chi connectivity index (χ2v) is 5.71. The lowest BCUT2D eigenvalue weighted by Gasteiger charge is -2.17. The Labute approximate surface area is 156 Å². The first-order chi connectivity index (χ1) is 12.9. The number of rotatable bonds is 7. The summed E-state index contributed by atoms with van der Waals surface area (Å²) in [4.78, 5) is 25.1. The van der Waals surface area contributed by atoms with Gasteiger partial charge in [-0.3, -0.25) is 4.79 Å². The van der Waals surface area contributed by atoms with E-state index in [1.807, 2.05) is 0 Å². The van der Waals surface area contributed by atoms with Gasteiger partial charge >= 0.3 is 5.97 Å². The first kappa shape index (κ1) is 20.0. The van der Waals surface area contributed by atoms with Crippen molar-refractivity contribution in [3.8, 4) is 11.5 Å². The largest absolute Gasteiger partial charge is 0.504 e. The molecule has 0 unspecified atom stereocenters. The molecule has 1 amide bonds. The molecule has 27 heavy (non-hydrogen) atoms. The van der Waals surface area contributed by atoms with Crippen molar-refractivity contribution in [1.82, 2.24) is 4.90 Å². The summed E-state index contributed by atoms with van der Waals surface area (Å²) in [6.07, 6.45) is 2.63. The molecule has 0 spiro atoms. The van der Waals surface area contributed by atoms with Crippen molar-refractivity contribution in [3.05, 3.63) is 65.5 Å². The molecule has 0 atom stereocenters. The third-order valence-corrected chi connectivity index (χ3v) is 3.74. The Kier molecular flexibility index (Phi) is 6.93. The van der Waals surface area contributed by atoms with E-state index in [-0.39, 0.29) is 18.0 Å². The van der Waals surface area contributed by atoms with E-state index in [2.05, 4.69) is 0 Å². The molecular weight excluding hydrogens is 353 g/mol. The number of phenols is 1. The van der Waals surface area contributed by atoms with Gasteiger partial charge in [0.05, 0.1) is 7.11 Å². The normalized spacial score (nSPS) is 10.6. The van der Waals surface area contributed by atoms with E-state index in [9.17, 15) is 19.1 Å². The number of amides is 1. The highest BCUT2D eigenvalue weighted by atomic mass is 19.1. The first-order valence-corrected chi connectivity index (χ1v) is 8.10. The first-order valence-electron chi connectivity index (χ1n) is 8.10. The maximum Gasteiger partial charge on any atom is 0.331 e. The van der Waals surface area contributed by atoms with Gasteiger partial charge in [0.25, 0.3) is 5.91 Å². The van der Waals surface area contributed by atoms with Gasteiger partial charge in [0.15, 0.2) is 18.1 Å². The number of benzene rings is 2. The number of esters is 1. The number of aromatic hydroxyl groups is 1. The van der Waals surface area contributed by atoms with Crippen LogP contribution in [0.25, 0.3) is 6.08 Å². The van der Waals surface area contributed by atoms with E-state index in [1.54, 1.807) is 30.3 Å². The molecule has 6 nitrogen and oxygen atoms in total. The predicted octanol–water partition coefficient (Wildman–Crippen LogP) is 2.75. The van der Waals surface area contributed by atoms with Gasteiger partial charge in [0.2, 0.25) is 0 Å². The van der Waals surface area contributed by atoms with Crippen LogP contribution >= 0.6 is 0 Å². The quantitative estimate of drug-likeness (QED) is 0.597. The molecule has 7 heteroatoms. The Morgan fingerprint density at radius 2 is 1.96 bits per heavy atom. The molecule has 0 aliphatic carbocycles. The summed E-state index contributed by atoms with van der Waals surface area (Å²) in [7, 11) is 2.92. The van der Waals surface area contributed by atoms with Crippen molar-refractivity contribution in [2.45, 2.75) is 6.54 Å². The van der Waals surface area contributed by atoms with Crippen LogP contribution in [0.3, 0.4) is 0 Å². The summed E-state index contributed by atoms with van der Waals surface area (Å²) in [5, 5.41) is 9.53. The van der Waals surface area contributed by atoms with Crippen molar-refractivity contribution in [3.63, 3.8) is 0 Å². The molecular formula is C20H20FNO5. The van der Waals surface area contributed by atoms with E-state index in [1.165, 1.54) is 37.3 Å². The zero-order valence-corrected chi connectivity index (χ0v) is 15.0. The molecule has 142 valence electrons. The Hall–Kier alpha value is -3.35. The lowest BCUT2D eigenvalue weighted by atomic mass is 10.2. The van der Waals surface area contributed by atoms with Crippen molar-refractivity contribution < 1.29 is 28.6 Å². The molecule has 0 saturated heterocycles. The molecule has 0 aromatic heterocycles. The van der Waals surface area contributed by atoms with Crippen LogP contribution in [0.15, 0.2) is 48.5 Å². The van der Waals surface area contributed by atoms with Crippen molar-refractivity contribution in [2.75, 3.05) is 20.8 Å². The zero-order valence-electron chi connectivity index (χ0n) is 15.0. The van der Waals surface area contributed by atoms with Gasteiger partial charge in [-0.15, -0.1) is 0 Å². The number of phenolic OH excluding ortho intramolecular Hbond substituents is 1. The van der Waals surface area contributed by atoms with Crippen molar-refractivity contribution in [1.29, 1.82) is 0 Å². The Morgan fingerprint density at radius 1 is 1.22 bits per heavy atom. The van der Waals surface area contributed by atoms with E-state index in [0.717, 1.165) is 6.08 Å². The van der Waals surface area contributed by atoms with Gasteiger partial charge in [0.1, 0.15) is 5.82 Å². The van der Waals surface area contributed by atoms with Crippen molar-refractivity contribution >= 4 is 18.0 Å². The van der Waals surface area contributed by atoms with Crippen LogP contribution in [0.4, 0.5) is 4.39 Å². The van der Waals surface area contributed by atoms with Crippen molar-refractivity contribution in [2.24, 2.45) is 0 Å². The van der Waals surface area contributed by atoms with Gasteiger partial charge in [0, 0.05) is 25.2 Å². The van der Waals surface area contributed by atoms with Crippen LogP contribution in [0.1, 0.15) is 11.1 Å². The Bertz CT molecular complexity index is 850. The third-order valence-electron chi connectivity index (χ3n) is 3.74. The Morgan fingerprint density at radius 3 is 2.67 bits per heavy atom. The van der Waals surface area contributed by atoms with Crippen LogP contribution in [-0.4, -0.2) is 42.6 Å². The highest BCUT2D eigenvalue weighted by molar-refractivity contribution is 5.89. The summed E-state index contributed by atoms with van der Waals surface area (Å²) in [6, 6.07) is 10.7. The number of carbonyl (C=O) groups is 2. The number of hydrogen-bond acceptors (Lipinski definition) is 5. The summed E-state index contributed by atoms with van der Waals surface area (Å²) < 4.78 is 23.5. The van der Waals surface area contributed by atoms with Gasteiger partial charge < -0.3 is 19.5 Å². The lowest BCUT2D eigenvalue weighted by Crippen LogP contribution is -2.30. The maximum absolute atomic E-state index is 13.6. The molecule has 2 rings (SSSR count). The van der Waals surface area contributed by atoms with E-state index in [0.29, 0.717) is 11.1 Å². The predicted molar refractivity (Wildman–Crippen MR) is 97.5 cm³/mol. The number of nitrogens with zero attached hydrogens (tertiary/aromatic N) is 1. The monoisotopic (exact) mass is 373 g/mol. The molecule has 2 aromatic carbocycles. The minimum absolute atomic E-state index is 0.0132. The molecule has 0 saturated carbocycles. The third kappa shape index (κ3) is 5.85. The van der Waals surface area contributed by atoms with Gasteiger partial charge in [-0.2, -0.15) is 0 Å². The number of carbonyl (C=O) groups excluding carboxylic acids is 2. The van der Waals surface area contributed by atoms with Gasteiger partial charge in [-0.25, -0.2) is 9.18 Å². The minimum atomic E-state index is -0.699. The highest BCUT2D eigenvalue weighted by Crippen LogP contribution is 2.26. The van der Waals surface area contributed by atoms with Crippen LogP contribution in [-0.2, 0) is 20.9 Å². The van der Waals surface area contributed by atoms with E-state index >= 15 is 0 Å². The highest BCUT2D eigenvalue weighted by Gasteiger charge is 2.13. The van der Waals surface area contributed by atoms with E-state index < -0.39 is 24.3 Å². The summed E-state index contributed by atoms with van der Waals surface area (Å²) in [6.45, 7) is -0.376. The number of ether oxygens (including phenoxy) is 2. The average molecular weight is 373 g/mol. The van der Waals surface area contributed by atoms with Gasteiger partial charge in [-0.05, 0) is 29.8 Å². The number of likely N-dealkylation sites (N-methyl/N-ethyl adjacent to an activating group) is 1. The molecule has 0 aliphatic heterocycles. The minimum Gasteiger partial charge on any atom is -0.504 e. The lowest BCUT2D eigenvalue weighted by molar-refractivity contribution is -0.147. The zero-order chi connectivity index (χ0) is 19.8. The number of hydrogen-bond donors (Lipinski definition) is 1. The van der Waals surface area contributed by atoms with Crippen LogP contribution in [0.2, 0.25) is 0 Å². The maximum atomic E-state index is 13.6. The summed E-state index contributed by atoms with van der Waals surface area (Å²) >= 11 is 0. The fourth-order valence-electron chi connectivity index (χ4n) is 2.22. The topological polar surface area (TPSA) is 76.1 Å². The smallest absolute Gasteiger partial charge is 0.331 e. The summed E-state index contributed by atoms with van der Waals surface area (Å²) in [5.74, 6) is -1.29. The standard InChI is InChI=1S/C20H20FNO5/c1-22(12-15-5-3-4-6-16(15)21)19(24)13-27-20(25)10-8-14-7-9-17(23)18(11-14)26-2/h3-11,23H,12-13H2,1-2H3/b10-8+. The van der Waals surface area contributed by atoms with E-state index in [4.69, 9.17) is 9.47 Å². The molecule has 0 bridgehead atoms. The molecule has 0 aliphatic rings. The molecule has 2 aromatic rings. The SMILES string of the molecule is COc1cc(/C=C/C(=O)OCC(=O)N(C)Cc2ccccc2F)ccc1O. The fraction of sp³-hybridized carbons (Fsp3) is 0.200. The number of halogens is 1. The molecule has 0 radical (unpaired) electrons. The average Bonchev–Trinajstić information content (AvgIpc) is 2.67. The van der Waals surface area contributed by atoms with Crippen LogP contribution in [0.5, 0.6) is 11.5 Å². The molecule has 1 N–H and O–H groups in total. The fourth-order valence-corrected chi connectivity index (χ4v) is 2.22. The summed E-state index contributed by atoms with van der Waals surface area (Å²) in [5.41, 5.74) is 0.991. The van der Waals surface area contributed by atoms with Crippen LogP contribution < -0.4 is 4.74 Å². The molecule has 0 heterocycles.